The van der Waals surface area contributed by atoms with Crippen LogP contribution in [0.25, 0.3) is 6.08 Å². The average molecular weight is 475 g/mol. The standard InChI is InChI=1S/C30H34O5/c1-17(2)7-10-21-27(32)22(11-8-18(3)4)29-26(28(21)33)23(31)16-25(34-29)19-9-12-24-20(15-19)13-14-30(5,6)35-24/h7-9,12-15,25,32-33H,10-11,16H2,1-6H3. The summed E-state index contributed by atoms with van der Waals surface area (Å²) in [6, 6.07) is 5.79. The summed E-state index contributed by atoms with van der Waals surface area (Å²) >= 11 is 0. The number of rotatable bonds is 5. The minimum Gasteiger partial charge on any atom is -0.507 e. The van der Waals surface area contributed by atoms with Gasteiger partial charge in [-0.05, 0) is 78.2 Å². The molecule has 184 valence electrons. The lowest BCUT2D eigenvalue weighted by Crippen LogP contribution is -2.27. The van der Waals surface area contributed by atoms with Crippen molar-refractivity contribution >= 4 is 11.9 Å². The summed E-state index contributed by atoms with van der Waals surface area (Å²) in [5, 5.41) is 22.2. The Hall–Kier alpha value is -3.47. The smallest absolute Gasteiger partial charge is 0.174 e. The molecule has 2 N–H and O–H groups in total. The summed E-state index contributed by atoms with van der Waals surface area (Å²) in [6.07, 6.45) is 8.23. The molecule has 0 saturated carbocycles. The predicted octanol–water partition coefficient (Wildman–Crippen LogP) is 7.01. The van der Waals surface area contributed by atoms with Crippen LogP contribution in [0.1, 0.15) is 86.7 Å². The molecule has 2 aromatic carbocycles. The molecule has 0 amide bonds. The van der Waals surface area contributed by atoms with Gasteiger partial charge >= 0.3 is 0 Å². The molecule has 2 aliphatic heterocycles. The fourth-order valence-electron chi connectivity index (χ4n) is 4.43. The number of aromatic hydroxyl groups is 2. The van der Waals surface area contributed by atoms with Crippen LogP contribution in [0, 0.1) is 0 Å². The van der Waals surface area contributed by atoms with Crippen molar-refractivity contribution in [1.29, 1.82) is 0 Å². The summed E-state index contributed by atoms with van der Waals surface area (Å²) in [5.74, 6) is 0.644. The SMILES string of the molecule is CC(C)=CCc1c(O)c(CC=C(C)C)c2c(c1O)C(=O)CC(c1ccc3c(c1)C=CC(C)(C)O3)O2. The molecule has 0 saturated heterocycles. The van der Waals surface area contributed by atoms with Crippen molar-refractivity contribution in [2.24, 2.45) is 0 Å². The Morgan fingerprint density at radius 1 is 1.03 bits per heavy atom. The minimum atomic E-state index is -0.531. The maximum atomic E-state index is 13.4. The van der Waals surface area contributed by atoms with Gasteiger partial charge in [0.15, 0.2) is 5.78 Å². The highest BCUT2D eigenvalue weighted by molar-refractivity contribution is 6.04. The predicted molar refractivity (Wildman–Crippen MR) is 139 cm³/mol. The van der Waals surface area contributed by atoms with E-state index in [-0.39, 0.29) is 40.6 Å². The molecule has 0 spiro atoms. The van der Waals surface area contributed by atoms with Gasteiger partial charge in [-0.25, -0.2) is 0 Å². The molecule has 0 aliphatic carbocycles. The van der Waals surface area contributed by atoms with Gasteiger partial charge in [0, 0.05) is 16.7 Å². The van der Waals surface area contributed by atoms with Crippen LogP contribution in [0.15, 0.2) is 47.6 Å². The molecule has 0 fully saturated rings. The van der Waals surface area contributed by atoms with Crippen LogP contribution >= 0.6 is 0 Å². The summed E-state index contributed by atoms with van der Waals surface area (Å²) in [5.41, 5.74) is 4.59. The van der Waals surface area contributed by atoms with Gasteiger partial charge in [-0.15, -0.1) is 0 Å². The van der Waals surface area contributed by atoms with Crippen molar-refractivity contribution in [3.8, 4) is 23.0 Å². The van der Waals surface area contributed by atoms with Crippen molar-refractivity contribution in [3.63, 3.8) is 0 Å². The zero-order chi connectivity index (χ0) is 25.5. The van der Waals surface area contributed by atoms with Gasteiger partial charge in [-0.1, -0.05) is 35.4 Å². The van der Waals surface area contributed by atoms with Crippen molar-refractivity contribution in [2.45, 2.75) is 72.5 Å². The van der Waals surface area contributed by atoms with E-state index in [0.717, 1.165) is 28.0 Å². The van der Waals surface area contributed by atoms with Crippen LogP contribution in [0.4, 0.5) is 0 Å². The first-order valence-electron chi connectivity index (χ1n) is 12.0. The van der Waals surface area contributed by atoms with Crippen molar-refractivity contribution < 1.29 is 24.5 Å². The number of ether oxygens (including phenoxy) is 2. The van der Waals surface area contributed by atoms with Crippen LogP contribution in [0.2, 0.25) is 0 Å². The van der Waals surface area contributed by atoms with Crippen LogP contribution in [0.3, 0.4) is 0 Å². The zero-order valence-corrected chi connectivity index (χ0v) is 21.4. The normalized spacial score (nSPS) is 17.5. The molecule has 0 aromatic heterocycles. The van der Waals surface area contributed by atoms with Gasteiger partial charge in [0.2, 0.25) is 0 Å². The van der Waals surface area contributed by atoms with Gasteiger partial charge in [0.05, 0.1) is 6.42 Å². The van der Waals surface area contributed by atoms with Gasteiger partial charge in [-0.3, -0.25) is 4.79 Å². The summed E-state index contributed by atoms with van der Waals surface area (Å²) < 4.78 is 12.4. The third kappa shape index (κ3) is 5.00. The van der Waals surface area contributed by atoms with Gasteiger partial charge in [-0.2, -0.15) is 0 Å². The highest BCUT2D eigenvalue weighted by atomic mass is 16.5. The largest absolute Gasteiger partial charge is 0.507 e. The second-order valence-corrected chi connectivity index (χ2v) is 10.4. The first-order valence-corrected chi connectivity index (χ1v) is 12.0. The maximum absolute atomic E-state index is 13.4. The fourth-order valence-corrected chi connectivity index (χ4v) is 4.43. The molecule has 1 unspecified atom stereocenters. The van der Waals surface area contributed by atoms with E-state index in [0.29, 0.717) is 24.0 Å². The number of phenols is 2. The second kappa shape index (κ2) is 9.29. The number of benzene rings is 2. The first kappa shape index (κ1) is 24.6. The quantitative estimate of drug-likeness (QED) is 0.456. The number of hydrogen-bond donors (Lipinski definition) is 2. The van der Waals surface area contributed by atoms with Gasteiger partial charge < -0.3 is 19.7 Å². The van der Waals surface area contributed by atoms with E-state index >= 15 is 0 Å². The molecule has 5 heteroatoms. The molecule has 2 aromatic rings. The summed E-state index contributed by atoms with van der Waals surface area (Å²) in [4.78, 5) is 13.4. The Kier molecular flexibility index (Phi) is 6.54. The number of phenolic OH excluding ortho intramolecular Hbond substituents is 2. The van der Waals surface area contributed by atoms with Crippen LogP contribution in [0.5, 0.6) is 23.0 Å². The molecular weight excluding hydrogens is 440 g/mol. The van der Waals surface area contributed by atoms with E-state index in [9.17, 15) is 15.0 Å². The van der Waals surface area contributed by atoms with E-state index in [1.54, 1.807) is 0 Å². The average Bonchev–Trinajstić information content (AvgIpc) is 2.77. The lowest BCUT2D eigenvalue weighted by Gasteiger charge is -2.31. The number of fused-ring (bicyclic) bond motifs is 2. The Balaban J connectivity index is 1.79. The Bertz CT molecular complexity index is 1270. The Morgan fingerprint density at radius 3 is 2.34 bits per heavy atom. The van der Waals surface area contributed by atoms with E-state index in [4.69, 9.17) is 9.47 Å². The number of ketones is 1. The highest BCUT2D eigenvalue weighted by Gasteiger charge is 2.36. The third-order valence-electron chi connectivity index (χ3n) is 6.38. The molecule has 2 aliphatic rings. The third-order valence-corrected chi connectivity index (χ3v) is 6.38. The van der Waals surface area contributed by atoms with E-state index in [2.05, 4.69) is 0 Å². The number of Topliss-reactive ketones (excluding diaryl/α,β-unsaturated/α-hetero) is 1. The summed E-state index contributed by atoms with van der Waals surface area (Å²) in [6.45, 7) is 11.9. The molecule has 0 bridgehead atoms. The summed E-state index contributed by atoms with van der Waals surface area (Å²) in [7, 11) is 0. The lowest BCUT2D eigenvalue weighted by molar-refractivity contribution is 0.0842. The van der Waals surface area contributed by atoms with Gasteiger partial charge in [0.1, 0.15) is 40.3 Å². The molecule has 5 nitrogen and oxygen atoms in total. The minimum absolute atomic E-state index is 0.0197. The number of carbonyl (C=O) groups excluding carboxylic acids is 1. The van der Waals surface area contributed by atoms with Crippen LogP contribution < -0.4 is 9.47 Å². The van der Waals surface area contributed by atoms with E-state index in [1.165, 1.54) is 0 Å². The Morgan fingerprint density at radius 2 is 1.69 bits per heavy atom. The van der Waals surface area contributed by atoms with E-state index < -0.39 is 6.10 Å². The van der Waals surface area contributed by atoms with E-state index in [1.807, 2.05) is 84.0 Å². The molecule has 35 heavy (non-hydrogen) atoms. The van der Waals surface area contributed by atoms with Crippen molar-refractivity contribution in [3.05, 3.63) is 75.4 Å². The lowest BCUT2D eigenvalue weighted by atomic mass is 9.88. The number of allylic oxidation sites excluding steroid dienone is 4. The molecule has 2 heterocycles. The maximum Gasteiger partial charge on any atom is 0.174 e. The topological polar surface area (TPSA) is 76.0 Å². The Labute approximate surface area is 207 Å². The van der Waals surface area contributed by atoms with Gasteiger partial charge in [0.25, 0.3) is 0 Å². The number of carbonyl (C=O) groups is 1. The molecule has 0 radical (unpaired) electrons. The zero-order valence-electron chi connectivity index (χ0n) is 21.4. The van der Waals surface area contributed by atoms with Crippen LogP contribution in [-0.4, -0.2) is 21.6 Å². The first-order chi connectivity index (χ1) is 16.5. The number of hydrogen-bond acceptors (Lipinski definition) is 5. The fraction of sp³-hybridized carbons (Fsp3) is 0.367. The second-order valence-electron chi connectivity index (χ2n) is 10.4. The molecular formula is C30H34O5. The monoisotopic (exact) mass is 474 g/mol. The highest BCUT2D eigenvalue weighted by Crippen LogP contribution is 2.49. The van der Waals surface area contributed by atoms with Crippen molar-refractivity contribution in [1.82, 2.24) is 0 Å². The van der Waals surface area contributed by atoms with Crippen LogP contribution in [-0.2, 0) is 12.8 Å². The molecule has 1 atom stereocenters. The molecule has 4 rings (SSSR count). The van der Waals surface area contributed by atoms with Crippen molar-refractivity contribution in [2.75, 3.05) is 0 Å².